The molecule has 0 bridgehead atoms. The molecule has 6 heteroatoms. The van der Waals surface area contributed by atoms with E-state index in [2.05, 4.69) is 16.5 Å². The third kappa shape index (κ3) is 2.88. The number of carbonyl (C=O) groups is 1. The van der Waals surface area contributed by atoms with Gasteiger partial charge in [-0.15, -0.1) is 0 Å². The van der Waals surface area contributed by atoms with Crippen LogP contribution in [0.25, 0.3) is 0 Å². The molecule has 0 radical (unpaired) electrons. The van der Waals surface area contributed by atoms with E-state index in [-0.39, 0.29) is 6.61 Å². The normalized spacial score (nSPS) is 21.1. The highest BCUT2D eigenvalue weighted by atomic mass is 16.5. The van der Waals surface area contributed by atoms with Crippen LogP contribution in [0, 0.1) is 0 Å². The highest BCUT2D eigenvalue weighted by molar-refractivity contribution is 5.73. The zero-order chi connectivity index (χ0) is 13.0. The minimum atomic E-state index is -0.823. The van der Waals surface area contributed by atoms with Crippen LogP contribution in [0.2, 0.25) is 0 Å². The molecule has 18 heavy (non-hydrogen) atoms. The highest BCUT2D eigenvalue weighted by Gasteiger charge is 2.29. The van der Waals surface area contributed by atoms with Crippen LogP contribution in [-0.4, -0.2) is 51.3 Å². The Bertz CT molecular complexity index is 405. The van der Waals surface area contributed by atoms with Gasteiger partial charge in [0.15, 0.2) is 0 Å². The highest BCUT2D eigenvalue weighted by Crippen LogP contribution is 2.13. The van der Waals surface area contributed by atoms with Gasteiger partial charge in [0, 0.05) is 25.8 Å². The molecule has 1 aromatic heterocycles. The van der Waals surface area contributed by atoms with Crippen LogP contribution in [0.5, 0.6) is 0 Å². The van der Waals surface area contributed by atoms with E-state index in [1.807, 2.05) is 11.1 Å². The van der Waals surface area contributed by atoms with Crippen molar-refractivity contribution in [2.75, 3.05) is 19.8 Å². The fraction of sp³-hybridized carbons (Fsp3) is 0.667. The summed E-state index contributed by atoms with van der Waals surface area (Å²) >= 11 is 0. The Kier molecular flexibility index (Phi) is 4.33. The molecule has 100 valence electrons. The molecule has 2 heterocycles. The molecule has 1 saturated heterocycles. The summed E-state index contributed by atoms with van der Waals surface area (Å²) in [6, 6.07) is -0.552. The number of hydrogen-bond donors (Lipinski definition) is 1. The average Bonchev–Trinajstić information content (AvgIpc) is 2.78. The molecule has 0 spiro atoms. The van der Waals surface area contributed by atoms with Gasteiger partial charge in [-0.05, 0) is 6.42 Å². The molecular formula is C12H19N3O3. The molecule has 1 N–H and O–H groups in total. The van der Waals surface area contributed by atoms with Crippen LogP contribution < -0.4 is 0 Å². The Morgan fingerprint density at radius 3 is 3.22 bits per heavy atom. The lowest BCUT2D eigenvalue weighted by atomic mass is 10.2. The molecule has 6 nitrogen and oxygen atoms in total. The number of aliphatic carboxylic acids is 1. The van der Waals surface area contributed by atoms with Gasteiger partial charge < -0.3 is 14.4 Å². The number of ether oxygens (including phenoxy) is 1. The maximum absolute atomic E-state index is 11.2. The summed E-state index contributed by atoms with van der Waals surface area (Å²) in [5.41, 5.74) is 1.06. The third-order valence-corrected chi connectivity index (χ3v) is 3.15. The minimum absolute atomic E-state index is 0.261. The monoisotopic (exact) mass is 253 g/mol. The van der Waals surface area contributed by atoms with Crippen molar-refractivity contribution >= 4 is 5.97 Å². The second-order valence-corrected chi connectivity index (χ2v) is 4.48. The maximum atomic E-state index is 11.2. The van der Waals surface area contributed by atoms with Gasteiger partial charge in [-0.25, -0.2) is 4.98 Å². The largest absolute Gasteiger partial charge is 0.480 e. The SMILES string of the molecule is CCCn1cncc1CN1CCOCC1C(=O)O. The number of aryl methyl sites for hydroxylation is 1. The number of nitrogens with zero attached hydrogens (tertiary/aromatic N) is 3. The molecule has 2 rings (SSSR count). The Hall–Kier alpha value is -1.40. The zero-order valence-electron chi connectivity index (χ0n) is 10.6. The lowest BCUT2D eigenvalue weighted by Gasteiger charge is -2.32. The molecule has 1 aliphatic heterocycles. The molecule has 0 saturated carbocycles. The van der Waals surface area contributed by atoms with Crippen LogP contribution in [-0.2, 0) is 22.6 Å². The number of morpholine rings is 1. The van der Waals surface area contributed by atoms with Gasteiger partial charge in [-0.1, -0.05) is 6.92 Å². The quantitative estimate of drug-likeness (QED) is 0.831. The first-order valence-corrected chi connectivity index (χ1v) is 6.26. The summed E-state index contributed by atoms with van der Waals surface area (Å²) < 4.78 is 7.30. The van der Waals surface area contributed by atoms with E-state index in [0.717, 1.165) is 18.7 Å². The molecule has 1 aromatic rings. The van der Waals surface area contributed by atoms with Gasteiger partial charge in [0.1, 0.15) is 6.04 Å². The van der Waals surface area contributed by atoms with Gasteiger partial charge in [0.05, 0.1) is 25.2 Å². The predicted molar refractivity (Wildman–Crippen MR) is 65.2 cm³/mol. The molecular weight excluding hydrogens is 234 g/mol. The first-order valence-electron chi connectivity index (χ1n) is 6.26. The topological polar surface area (TPSA) is 67.6 Å². The van der Waals surface area contributed by atoms with Crippen molar-refractivity contribution in [2.45, 2.75) is 32.5 Å². The van der Waals surface area contributed by atoms with Gasteiger partial charge in [0.2, 0.25) is 0 Å². The van der Waals surface area contributed by atoms with Crippen molar-refractivity contribution in [3.63, 3.8) is 0 Å². The number of hydrogen-bond acceptors (Lipinski definition) is 4. The molecule has 1 unspecified atom stereocenters. The first kappa shape index (κ1) is 13.0. The van der Waals surface area contributed by atoms with Crippen molar-refractivity contribution in [3.8, 4) is 0 Å². The van der Waals surface area contributed by atoms with Crippen LogP contribution in [0.4, 0.5) is 0 Å². The van der Waals surface area contributed by atoms with Crippen molar-refractivity contribution in [3.05, 3.63) is 18.2 Å². The van der Waals surface area contributed by atoms with Crippen LogP contribution >= 0.6 is 0 Å². The Balaban J connectivity index is 2.06. The summed E-state index contributed by atoms with van der Waals surface area (Å²) in [4.78, 5) is 17.2. The third-order valence-electron chi connectivity index (χ3n) is 3.15. The lowest BCUT2D eigenvalue weighted by Crippen LogP contribution is -2.49. The first-order chi connectivity index (χ1) is 8.72. The van der Waals surface area contributed by atoms with Crippen molar-refractivity contribution < 1.29 is 14.6 Å². The van der Waals surface area contributed by atoms with Crippen molar-refractivity contribution in [1.29, 1.82) is 0 Å². The Labute approximate surface area is 106 Å². The molecule has 0 aliphatic carbocycles. The summed E-state index contributed by atoms with van der Waals surface area (Å²) in [6.45, 7) is 5.13. The van der Waals surface area contributed by atoms with Gasteiger partial charge in [0.25, 0.3) is 0 Å². The van der Waals surface area contributed by atoms with E-state index >= 15 is 0 Å². The smallest absolute Gasteiger partial charge is 0.323 e. The molecule has 0 aromatic carbocycles. The van der Waals surface area contributed by atoms with E-state index in [4.69, 9.17) is 9.84 Å². The molecule has 1 atom stereocenters. The molecule has 1 aliphatic rings. The number of rotatable bonds is 5. The number of carboxylic acids is 1. The predicted octanol–water partition coefficient (Wildman–Crippen LogP) is 0.579. The molecule has 0 amide bonds. The van der Waals surface area contributed by atoms with Crippen LogP contribution in [0.1, 0.15) is 19.0 Å². The van der Waals surface area contributed by atoms with Gasteiger partial charge in [-0.3, -0.25) is 9.69 Å². The average molecular weight is 253 g/mol. The van der Waals surface area contributed by atoms with Crippen LogP contribution in [0.3, 0.4) is 0 Å². The van der Waals surface area contributed by atoms with Gasteiger partial charge >= 0.3 is 5.97 Å². The van der Waals surface area contributed by atoms with Crippen LogP contribution in [0.15, 0.2) is 12.5 Å². The minimum Gasteiger partial charge on any atom is -0.480 e. The number of imidazole rings is 1. The Morgan fingerprint density at radius 1 is 1.67 bits per heavy atom. The summed E-state index contributed by atoms with van der Waals surface area (Å²) in [6.07, 6.45) is 4.65. The zero-order valence-corrected chi connectivity index (χ0v) is 10.6. The number of carboxylic acid groups (broad SMARTS) is 1. The standard InChI is InChI=1S/C12H19N3O3/c1-2-3-15-9-13-6-10(15)7-14-4-5-18-8-11(14)12(16)17/h6,9,11H,2-5,7-8H2,1H3,(H,16,17). The van der Waals surface area contributed by atoms with E-state index in [9.17, 15) is 4.79 Å². The van der Waals surface area contributed by atoms with E-state index in [1.54, 1.807) is 6.33 Å². The summed E-state index contributed by atoms with van der Waals surface area (Å²) in [7, 11) is 0. The van der Waals surface area contributed by atoms with E-state index in [1.165, 1.54) is 0 Å². The molecule has 1 fully saturated rings. The van der Waals surface area contributed by atoms with Crippen molar-refractivity contribution in [2.24, 2.45) is 0 Å². The van der Waals surface area contributed by atoms with E-state index < -0.39 is 12.0 Å². The second kappa shape index (κ2) is 5.97. The Morgan fingerprint density at radius 2 is 2.50 bits per heavy atom. The summed E-state index contributed by atoms with van der Waals surface area (Å²) in [5.74, 6) is -0.823. The lowest BCUT2D eigenvalue weighted by molar-refractivity contribution is -0.150. The maximum Gasteiger partial charge on any atom is 0.323 e. The van der Waals surface area contributed by atoms with E-state index in [0.29, 0.717) is 19.7 Å². The fourth-order valence-corrected chi connectivity index (χ4v) is 2.18. The summed E-state index contributed by atoms with van der Waals surface area (Å²) in [5, 5.41) is 9.17. The fourth-order valence-electron chi connectivity index (χ4n) is 2.18. The van der Waals surface area contributed by atoms with Gasteiger partial charge in [-0.2, -0.15) is 0 Å². The van der Waals surface area contributed by atoms with Crippen molar-refractivity contribution in [1.82, 2.24) is 14.5 Å². The second-order valence-electron chi connectivity index (χ2n) is 4.48. The number of aromatic nitrogens is 2.